The smallest absolute Gasteiger partial charge is 0.277 e. The van der Waals surface area contributed by atoms with Crippen molar-refractivity contribution in [2.75, 3.05) is 18.1 Å². The quantitative estimate of drug-likeness (QED) is 0.661. The van der Waals surface area contributed by atoms with Crippen LogP contribution in [0.4, 0.5) is 10.1 Å². The van der Waals surface area contributed by atoms with E-state index in [9.17, 15) is 14.0 Å². The minimum Gasteiger partial charge on any atom is -0.486 e. The maximum atomic E-state index is 13.6. The van der Waals surface area contributed by atoms with Gasteiger partial charge in [0.25, 0.3) is 5.91 Å². The lowest BCUT2D eigenvalue weighted by Crippen LogP contribution is -2.64. The Bertz CT molecular complexity index is 1240. The summed E-state index contributed by atoms with van der Waals surface area (Å²) in [7, 11) is 0. The lowest BCUT2D eigenvalue weighted by molar-refractivity contribution is -0.126. The zero-order chi connectivity index (χ0) is 23.2. The van der Waals surface area contributed by atoms with Crippen LogP contribution in [0, 0.1) is 12.7 Å². The van der Waals surface area contributed by atoms with Gasteiger partial charge < -0.3 is 14.8 Å². The highest BCUT2D eigenvalue weighted by Gasteiger charge is 2.49. The first-order valence-corrected chi connectivity index (χ1v) is 10.7. The molecule has 0 saturated carbocycles. The van der Waals surface area contributed by atoms with Crippen LogP contribution in [-0.2, 0) is 17.9 Å². The molecule has 0 spiro atoms. The fourth-order valence-electron chi connectivity index (χ4n) is 4.26. The Kier molecular flexibility index (Phi) is 5.03. The van der Waals surface area contributed by atoms with E-state index in [-0.39, 0.29) is 30.7 Å². The zero-order valence-electron chi connectivity index (χ0n) is 18.3. The monoisotopic (exact) mass is 450 g/mol. The minimum absolute atomic E-state index is 0.172. The summed E-state index contributed by atoms with van der Waals surface area (Å²) < 4.78 is 26.1. The number of anilines is 1. The number of ether oxygens (including phenoxy) is 2. The Morgan fingerprint density at radius 1 is 1.12 bits per heavy atom. The van der Waals surface area contributed by atoms with Gasteiger partial charge in [-0.1, -0.05) is 12.1 Å². The number of fused-ring (bicyclic) bond motifs is 2. The normalized spacial score (nSPS) is 19.2. The van der Waals surface area contributed by atoms with Crippen molar-refractivity contribution >= 4 is 17.5 Å². The van der Waals surface area contributed by atoms with Gasteiger partial charge in [-0.05, 0) is 49.7 Å². The van der Waals surface area contributed by atoms with Crippen LogP contribution < -0.4 is 19.7 Å². The number of amides is 2. The summed E-state index contributed by atoms with van der Waals surface area (Å²) in [4.78, 5) is 28.6. The van der Waals surface area contributed by atoms with Crippen LogP contribution in [-0.4, -0.2) is 40.3 Å². The maximum Gasteiger partial charge on any atom is 0.277 e. The number of nitrogens with zero attached hydrogens (tertiary/aromatic N) is 3. The molecule has 3 heterocycles. The highest BCUT2D eigenvalue weighted by molar-refractivity contribution is 6.12. The highest BCUT2D eigenvalue weighted by Crippen LogP contribution is 2.39. The number of hydrogen-bond donors (Lipinski definition) is 1. The van der Waals surface area contributed by atoms with Crippen molar-refractivity contribution in [2.24, 2.45) is 0 Å². The molecule has 1 N–H and O–H groups in total. The molecule has 2 aromatic carbocycles. The van der Waals surface area contributed by atoms with Crippen LogP contribution in [0.3, 0.4) is 0 Å². The van der Waals surface area contributed by atoms with Crippen molar-refractivity contribution in [1.82, 2.24) is 15.1 Å². The van der Waals surface area contributed by atoms with E-state index in [1.807, 2.05) is 0 Å². The Morgan fingerprint density at radius 2 is 1.85 bits per heavy atom. The van der Waals surface area contributed by atoms with E-state index < -0.39 is 5.54 Å². The molecular weight excluding hydrogens is 427 g/mol. The van der Waals surface area contributed by atoms with Crippen molar-refractivity contribution in [1.29, 1.82) is 0 Å². The van der Waals surface area contributed by atoms with Gasteiger partial charge in [0.15, 0.2) is 11.5 Å². The van der Waals surface area contributed by atoms with E-state index in [2.05, 4.69) is 10.4 Å². The Morgan fingerprint density at radius 3 is 2.61 bits per heavy atom. The topological polar surface area (TPSA) is 85.7 Å². The molecular formula is C24H23FN4O4. The summed E-state index contributed by atoms with van der Waals surface area (Å²) in [5.74, 6) is 0.0850. The summed E-state index contributed by atoms with van der Waals surface area (Å²) >= 11 is 0. The molecule has 3 aromatic rings. The van der Waals surface area contributed by atoms with E-state index in [0.717, 1.165) is 5.56 Å². The average Bonchev–Trinajstić information content (AvgIpc) is 3.18. The number of nitrogens with one attached hydrogen (secondary N) is 1. The second kappa shape index (κ2) is 7.91. The van der Waals surface area contributed by atoms with Gasteiger partial charge in [-0.3, -0.25) is 19.2 Å². The first-order valence-electron chi connectivity index (χ1n) is 10.7. The standard InChI is InChI=1S/C24H23FN4O4/c1-15-11-19-22(30)29(18-7-8-20-21(12-18)33-10-9-32-20)24(2,14-28(19)27-15)23(31)26-13-16-3-5-17(25)6-4-16/h3-8,11-12H,9-10,13-14H2,1-2H3,(H,26,31)/t24-/m0/s1. The minimum atomic E-state index is -1.27. The molecule has 0 saturated heterocycles. The van der Waals surface area contributed by atoms with Gasteiger partial charge in [-0.15, -0.1) is 0 Å². The van der Waals surface area contributed by atoms with Crippen molar-refractivity contribution in [3.63, 3.8) is 0 Å². The molecule has 33 heavy (non-hydrogen) atoms. The summed E-state index contributed by atoms with van der Waals surface area (Å²) in [6.07, 6.45) is 0. The average molecular weight is 450 g/mol. The summed E-state index contributed by atoms with van der Waals surface area (Å²) in [6.45, 7) is 4.75. The first kappa shape index (κ1) is 21.0. The van der Waals surface area contributed by atoms with Crippen molar-refractivity contribution in [3.8, 4) is 11.5 Å². The van der Waals surface area contributed by atoms with E-state index in [1.54, 1.807) is 54.9 Å². The van der Waals surface area contributed by atoms with Crippen LogP contribution in [0.25, 0.3) is 0 Å². The number of carbonyl (C=O) groups is 2. The number of benzene rings is 2. The molecule has 170 valence electrons. The number of hydrogen-bond acceptors (Lipinski definition) is 5. The second-order valence-corrected chi connectivity index (χ2v) is 8.38. The van der Waals surface area contributed by atoms with E-state index in [0.29, 0.717) is 41.8 Å². The van der Waals surface area contributed by atoms with E-state index >= 15 is 0 Å². The largest absolute Gasteiger partial charge is 0.486 e. The molecule has 5 rings (SSSR count). The van der Waals surface area contributed by atoms with Gasteiger partial charge in [0.1, 0.15) is 30.3 Å². The fraction of sp³-hybridized carbons (Fsp3) is 0.292. The molecule has 8 nitrogen and oxygen atoms in total. The number of aromatic nitrogens is 2. The maximum absolute atomic E-state index is 13.6. The van der Waals surface area contributed by atoms with Crippen LogP contribution in [0.2, 0.25) is 0 Å². The molecule has 0 radical (unpaired) electrons. The lowest BCUT2D eigenvalue weighted by Gasteiger charge is -2.43. The first-order chi connectivity index (χ1) is 15.8. The number of carbonyl (C=O) groups excluding carboxylic acids is 2. The third kappa shape index (κ3) is 3.69. The van der Waals surface area contributed by atoms with Crippen LogP contribution >= 0.6 is 0 Å². The van der Waals surface area contributed by atoms with Crippen molar-refractivity contribution in [3.05, 3.63) is 71.3 Å². The van der Waals surface area contributed by atoms with Gasteiger partial charge >= 0.3 is 0 Å². The molecule has 0 unspecified atom stereocenters. The molecule has 2 aliphatic rings. The van der Waals surface area contributed by atoms with E-state index in [1.165, 1.54) is 17.0 Å². The predicted molar refractivity (Wildman–Crippen MR) is 118 cm³/mol. The lowest BCUT2D eigenvalue weighted by atomic mass is 9.93. The molecule has 2 aliphatic heterocycles. The Labute approximate surface area is 189 Å². The Balaban J connectivity index is 1.51. The molecule has 2 amide bonds. The van der Waals surface area contributed by atoms with Gasteiger partial charge in [-0.25, -0.2) is 4.39 Å². The summed E-state index contributed by atoms with van der Waals surface area (Å²) in [6, 6.07) is 12.8. The SMILES string of the molecule is Cc1cc2n(n1)C[C@@](C)(C(=O)NCc1ccc(F)cc1)N(c1ccc3c(c1)OCCO3)C2=O. The number of halogens is 1. The third-order valence-corrected chi connectivity index (χ3v) is 5.91. The number of aryl methyl sites for hydroxylation is 1. The second-order valence-electron chi connectivity index (χ2n) is 8.38. The summed E-state index contributed by atoms with van der Waals surface area (Å²) in [5.41, 5.74) is 1.10. The molecule has 0 bridgehead atoms. The molecule has 1 atom stereocenters. The van der Waals surface area contributed by atoms with Crippen LogP contribution in [0.1, 0.15) is 28.7 Å². The van der Waals surface area contributed by atoms with Gasteiger partial charge in [0.05, 0.1) is 12.2 Å². The van der Waals surface area contributed by atoms with Crippen LogP contribution in [0.15, 0.2) is 48.5 Å². The molecule has 9 heteroatoms. The predicted octanol–water partition coefficient (Wildman–Crippen LogP) is 2.84. The number of rotatable bonds is 4. The fourth-order valence-corrected chi connectivity index (χ4v) is 4.26. The third-order valence-electron chi connectivity index (χ3n) is 5.91. The molecule has 1 aromatic heterocycles. The van der Waals surface area contributed by atoms with Crippen molar-refractivity contribution < 1.29 is 23.5 Å². The molecule has 0 fully saturated rings. The van der Waals surface area contributed by atoms with Crippen LogP contribution in [0.5, 0.6) is 11.5 Å². The zero-order valence-corrected chi connectivity index (χ0v) is 18.3. The Hall–Kier alpha value is -3.88. The van der Waals surface area contributed by atoms with Crippen molar-refractivity contribution in [2.45, 2.75) is 32.5 Å². The van der Waals surface area contributed by atoms with Gasteiger partial charge in [0.2, 0.25) is 5.91 Å². The van der Waals surface area contributed by atoms with Gasteiger partial charge in [-0.2, -0.15) is 5.10 Å². The molecule has 0 aliphatic carbocycles. The van der Waals surface area contributed by atoms with Gasteiger partial charge in [0, 0.05) is 18.3 Å². The highest BCUT2D eigenvalue weighted by atomic mass is 19.1. The van der Waals surface area contributed by atoms with E-state index in [4.69, 9.17) is 9.47 Å². The summed E-state index contributed by atoms with van der Waals surface area (Å²) in [5, 5.41) is 7.31.